The second-order valence-electron chi connectivity index (χ2n) is 3.59. The number of nitrogens with one attached hydrogen (secondary N) is 1. The van der Waals surface area contributed by atoms with Gasteiger partial charge in [-0.2, -0.15) is 0 Å². The van der Waals surface area contributed by atoms with Crippen LogP contribution in [0.1, 0.15) is 23.2 Å². The van der Waals surface area contributed by atoms with Crippen molar-refractivity contribution in [2.75, 3.05) is 0 Å². The fourth-order valence-corrected chi connectivity index (χ4v) is 2.16. The topological polar surface area (TPSA) is 12.0 Å². The summed E-state index contributed by atoms with van der Waals surface area (Å²) in [7, 11) is 0. The molecule has 2 atom stereocenters. The summed E-state index contributed by atoms with van der Waals surface area (Å²) in [4.78, 5) is 0. The van der Waals surface area contributed by atoms with Gasteiger partial charge in [0.1, 0.15) is 0 Å². The van der Waals surface area contributed by atoms with Crippen LogP contribution in [-0.4, -0.2) is 0 Å². The third-order valence-corrected chi connectivity index (χ3v) is 2.82. The first-order chi connectivity index (χ1) is 7.11. The lowest BCUT2D eigenvalue weighted by Crippen LogP contribution is -2.08. The van der Waals surface area contributed by atoms with Crippen molar-refractivity contribution in [2.45, 2.75) is 12.1 Å². The molecule has 0 saturated heterocycles. The standard InChI is InChI=1S/C10H5F4N/c11-7-5-3-1-2-4(15-3)6(5)8(12)10(14)9(7)13/h1-4,15H. The SMILES string of the molecule is Fc1c(F)c(F)c2c(c1F)C1C=CC2N1. The van der Waals surface area contributed by atoms with Crippen LogP contribution in [0.2, 0.25) is 0 Å². The zero-order chi connectivity index (χ0) is 10.7. The third-order valence-electron chi connectivity index (χ3n) is 2.82. The number of fused-ring (bicyclic) bond motifs is 5. The maximum atomic E-state index is 13.3. The molecular formula is C10H5F4N. The van der Waals surface area contributed by atoms with Crippen molar-refractivity contribution in [1.82, 2.24) is 5.32 Å². The molecule has 0 aromatic heterocycles. The Labute approximate surface area is 82.4 Å². The summed E-state index contributed by atoms with van der Waals surface area (Å²) in [6, 6.07) is -1.09. The van der Waals surface area contributed by atoms with Crippen molar-refractivity contribution in [2.24, 2.45) is 0 Å². The van der Waals surface area contributed by atoms with E-state index in [0.717, 1.165) is 0 Å². The minimum atomic E-state index is -1.74. The van der Waals surface area contributed by atoms with Crippen LogP contribution < -0.4 is 5.32 Å². The molecule has 2 aliphatic heterocycles. The molecule has 1 aromatic carbocycles. The van der Waals surface area contributed by atoms with E-state index in [2.05, 4.69) is 5.32 Å². The van der Waals surface area contributed by atoms with E-state index in [9.17, 15) is 17.6 Å². The van der Waals surface area contributed by atoms with Gasteiger partial charge in [0, 0.05) is 11.1 Å². The number of rotatable bonds is 0. The van der Waals surface area contributed by atoms with Gasteiger partial charge in [-0.3, -0.25) is 5.32 Å². The van der Waals surface area contributed by atoms with Gasteiger partial charge in [-0.05, 0) is 0 Å². The number of hydrogen-bond acceptors (Lipinski definition) is 1. The summed E-state index contributed by atoms with van der Waals surface area (Å²) >= 11 is 0. The van der Waals surface area contributed by atoms with Crippen LogP contribution in [0.5, 0.6) is 0 Å². The highest BCUT2D eigenvalue weighted by atomic mass is 19.2. The van der Waals surface area contributed by atoms with E-state index in [1.807, 2.05) is 0 Å². The van der Waals surface area contributed by atoms with Crippen LogP contribution in [0, 0.1) is 23.3 Å². The van der Waals surface area contributed by atoms with Gasteiger partial charge in [0.2, 0.25) is 0 Å². The Kier molecular flexibility index (Phi) is 1.55. The van der Waals surface area contributed by atoms with Gasteiger partial charge in [-0.25, -0.2) is 17.6 Å². The average Bonchev–Trinajstić information content (AvgIpc) is 2.82. The van der Waals surface area contributed by atoms with Crippen molar-refractivity contribution in [3.8, 4) is 0 Å². The number of halogens is 4. The summed E-state index contributed by atoms with van der Waals surface area (Å²) < 4.78 is 52.6. The van der Waals surface area contributed by atoms with Crippen LogP contribution in [0.3, 0.4) is 0 Å². The molecule has 0 fully saturated rings. The minimum Gasteiger partial charge on any atom is -0.296 e. The fraction of sp³-hybridized carbons (Fsp3) is 0.200. The molecule has 0 aliphatic carbocycles. The molecule has 2 unspecified atom stereocenters. The fourth-order valence-electron chi connectivity index (χ4n) is 2.16. The zero-order valence-electron chi connectivity index (χ0n) is 7.32. The first-order valence-electron chi connectivity index (χ1n) is 4.41. The van der Waals surface area contributed by atoms with Crippen LogP contribution in [0.25, 0.3) is 0 Å². The highest BCUT2D eigenvalue weighted by Crippen LogP contribution is 2.44. The summed E-state index contributed by atoms with van der Waals surface area (Å²) in [6.07, 6.45) is 3.21. The summed E-state index contributed by atoms with van der Waals surface area (Å²) in [5.41, 5.74) is -0.224. The zero-order valence-corrected chi connectivity index (χ0v) is 7.32. The van der Waals surface area contributed by atoms with Crippen LogP contribution in [0.4, 0.5) is 17.6 Å². The Morgan fingerprint density at radius 1 is 0.733 bits per heavy atom. The van der Waals surface area contributed by atoms with Gasteiger partial charge < -0.3 is 0 Å². The maximum Gasteiger partial charge on any atom is 0.197 e. The minimum absolute atomic E-state index is 0.112. The molecule has 0 saturated carbocycles. The Morgan fingerprint density at radius 2 is 1.13 bits per heavy atom. The van der Waals surface area contributed by atoms with Crippen LogP contribution >= 0.6 is 0 Å². The molecule has 78 valence electrons. The Bertz CT molecular complexity index is 452. The van der Waals surface area contributed by atoms with Crippen molar-refractivity contribution in [1.29, 1.82) is 0 Å². The Hall–Kier alpha value is -1.36. The van der Waals surface area contributed by atoms with E-state index in [1.165, 1.54) is 0 Å². The lowest BCUT2D eigenvalue weighted by atomic mass is 9.95. The molecule has 3 rings (SSSR count). The molecule has 1 N–H and O–H groups in total. The van der Waals surface area contributed by atoms with E-state index >= 15 is 0 Å². The monoisotopic (exact) mass is 215 g/mol. The van der Waals surface area contributed by atoms with Crippen LogP contribution in [-0.2, 0) is 0 Å². The van der Waals surface area contributed by atoms with Crippen molar-refractivity contribution >= 4 is 0 Å². The first-order valence-corrected chi connectivity index (χ1v) is 4.41. The van der Waals surface area contributed by atoms with Crippen LogP contribution in [0.15, 0.2) is 12.2 Å². The highest BCUT2D eigenvalue weighted by molar-refractivity contribution is 5.48. The second kappa shape index (κ2) is 2.61. The second-order valence-corrected chi connectivity index (χ2v) is 3.59. The van der Waals surface area contributed by atoms with E-state index in [0.29, 0.717) is 0 Å². The van der Waals surface area contributed by atoms with E-state index in [4.69, 9.17) is 0 Å². The lowest BCUT2D eigenvalue weighted by Gasteiger charge is -2.11. The molecule has 5 heteroatoms. The van der Waals surface area contributed by atoms with Gasteiger partial charge in [0.05, 0.1) is 12.1 Å². The molecule has 2 aliphatic rings. The first kappa shape index (κ1) is 8.91. The predicted molar refractivity (Wildman–Crippen MR) is 44.0 cm³/mol. The maximum absolute atomic E-state index is 13.3. The number of hydrogen-bond donors (Lipinski definition) is 1. The average molecular weight is 215 g/mol. The molecule has 1 nitrogen and oxygen atoms in total. The summed E-state index contributed by atoms with van der Waals surface area (Å²) in [6.45, 7) is 0. The lowest BCUT2D eigenvalue weighted by molar-refractivity contribution is 0.400. The van der Waals surface area contributed by atoms with E-state index < -0.39 is 35.4 Å². The summed E-state index contributed by atoms with van der Waals surface area (Å²) in [5.74, 6) is -6.08. The summed E-state index contributed by atoms with van der Waals surface area (Å²) in [5, 5.41) is 2.80. The van der Waals surface area contributed by atoms with Gasteiger partial charge in [-0.15, -0.1) is 0 Å². The molecule has 0 spiro atoms. The van der Waals surface area contributed by atoms with Crippen molar-refractivity contribution in [3.05, 3.63) is 46.5 Å². The van der Waals surface area contributed by atoms with Gasteiger partial charge >= 0.3 is 0 Å². The van der Waals surface area contributed by atoms with Gasteiger partial charge in [0.15, 0.2) is 23.3 Å². The Balaban J connectivity index is 2.38. The normalized spacial score (nSPS) is 26.1. The molecule has 2 heterocycles. The van der Waals surface area contributed by atoms with E-state index in [1.54, 1.807) is 12.2 Å². The third kappa shape index (κ3) is 0.911. The smallest absolute Gasteiger partial charge is 0.197 e. The predicted octanol–water partition coefficient (Wildman–Crippen LogP) is 2.50. The molecule has 0 amide bonds. The van der Waals surface area contributed by atoms with Crippen molar-refractivity contribution in [3.63, 3.8) is 0 Å². The molecule has 1 aromatic rings. The molecular weight excluding hydrogens is 210 g/mol. The van der Waals surface area contributed by atoms with E-state index in [-0.39, 0.29) is 11.1 Å². The van der Waals surface area contributed by atoms with Crippen molar-refractivity contribution < 1.29 is 17.6 Å². The van der Waals surface area contributed by atoms with Gasteiger partial charge in [-0.1, -0.05) is 12.2 Å². The largest absolute Gasteiger partial charge is 0.296 e. The van der Waals surface area contributed by atoms with Gasteiger partial charge in [0.25, 0.3) is 0 Å². The molecule has 15 heavy (non-hydrogen) atoms. The number of benzene rings is 1. The Morgan fingerprint density at radius 3 is 1.53 bits per heavy atom. The quantitative estimate of drug-likeness (QED) is 0.303. The molecule has 0 radical (unpaired) electrons. The molecule has 2 bridgehead atoms. The highest BCUT2D eigenvalue weighted by Gasteiger charge is 2.40.